The van der Waals surface area contributed by atoms with E-state index in [1.807, 2.05) is 0 Å². The second kappa shape index (κ2) is 12.4. The first-order chi connectivity index (χ1) is 18.0. The van der Waals surface area contributed by atoms with Gasteiger partial charge in [0.2, 0.25) is 0 Å². The van der Waals surface area contributed by atoms with Gasteiger partial charge < -0.3 is 29.3 Å². The van der Waals surface area contributed by atoms with Gasteiger partial charge in [-0.15, -0.1) is 0 Å². The van der Waals surface area contributed by atoms with Gasteiger partial charge in [0.1, 0.15) is 22.8 Å². The summed E-state index contributed by atoms with van der Waals surface area (Å²) in [7, 11) is -3.42. The number of amides is 1. The molecule has 1 amide bonds. The molecule has 1 heterocycles. The molecular formula is C24H30F3N3O8S. The molecule has 0 atom stereocenters. The van der Waals surface area contributed by atoms with Crippen LogP contribution in [0.15, 0.2) is 24.3 Å². The van der Waals surface area contributed by atoms with Crippen LogP contribution in [-0.2, 0) is 36.8 Å². The molecule has 0 bridgehead atoms. The minimum atomic E-state index is -5.50. The Bertz CT molecular complexity index is 1300. The zero-order valence-electron chi connectivity index (χ0n) is 21.9. The maximum atomic E-state index is 13.1. The normalized spacial score (nSPS) is 12.0. The lowest BCUT2D eigenvalue weighted by molar-refractivity contribution is -0.189. The molecule has 39 heavy (non-hydrogen) atoms. The molecule has 0 spiro atoms. The first kappa shape index (κ1) is 31.5. The van der Waals surface area contributed by atoms with Crippen molar-refractivity contribution in [1.29, 1.82) is 0 Å². The molecular weight excluding hydrogens is 547 g/mol. The lowest BCUT2D eigenvalue weighted by atomic mass is 10.0. The van der Waals surface area contributed by atoms with Crippen molar-refractivity contribution in [3.8, 4) is 5.75 Å². The molecule has 0 aliphatic rings. The highest BCUT2D eigenvalue weighted by Crippen LogP contribution is 2.25. The number of H-pyrrole nitrogens is 1. The van der Waals surface area contributed by atoms with E-state index in [2.05, 4.69) is 19.8 Å². The number of aromatic amines is 1. The smallest absolute Gasteiger partial charge is 0.492 e. The Hall–Kier alpha value is -3.75. The fourth-order valence-corrected chi connectivity index (χ4v) is 4.10. The van der Waals surface area contributed by atoms with Gasteiger partial charge in [0.05, 0.1) is 19.2 Å². The summed E-state index contributed by atoms with van der Waals surface area (Å²) in [6.45, 7) is 6.07. The van der Waals surface area contributed by atoms with Gasteiger partial charge in [-0.2, -0.15) is 21.6 Å². The van der Waals surface area contributed by atoms with Crippen LogP contribution in [0.4, 0.5) is 18.9 Å². The van der Waals surface area contributed by atoms with Gasteiger partial charge in [0.25, 0.3) is 5.91 Å². The standard InChI is InChI=1S/C24H30F3N3O8S/c1-6-16-18(20(31)28-11-12-39(34,35)38-22(33)24(25,26)27)17(30-19(16)21(32)37-23(2,3)4)13-29-14-7-9-15(36-5)10-8-14/h7-10,29-30H,6,11-13H2,1-5H3,(H,28,31). The van der Waals surface area contributed by atoms with Crippen molar-refractivity contribution in [3.63, 3.8) is 0 Å². The van der Waals surface area contributed by atoms with Crippen LogP contribution in [0, 0.1) is 0 Å². The number of carbonyl (C=O) groups excluding carboxylic acids is 3. The monoisotopic (exact) mass is 577 g/mol. The Kier molecular flexibility index (Phi) is 10.0. The number of alkyl halides is 3. The van der Waals surface area contributed by atoms with Gasteiger partial charge >= 0.3 is 28.2 Å². The summed E-state index contributed by atoms with van der Waals surface area (Å²) in [5.41, 5.74) is 0.442. The topological polar surface area (TPSA) is 153 Å². The highest BCUT2D eigenvalue weighted by Gasteiger charge is 2.43. The Morgan fingerprint density at radius 2 is 1.67 bits per heavy atom. The number of aromatic nitrogens is 1. The third-order valence-electron chi connectivity index (χ3n) is 5.00. The lowest BCUT2D eigenvalue weighted by Crippen LogP contribution is -2.34. The van der Waals surface area contributed by atoms with Crippen LogP contribution < -0.4 is 15.4 Å². The second-order valence-corrected chi connectivity index (χ2v) is 10.8. The Morgan fingerprint density at radius 1 is 1.05 bits per heavy atom. The number of carbonyl (C=O) groups is 3. The number of anilines is 1. The third-order valence-corrected chi connectivity index (χ3v) is 6.11. The largest absolute Gasteiger partial charge is 0.497 e. The average Bonchev–Trinajstić information content (AvgIpc) is 3.20. The van der Waals surface area contributed by atoms with Gasteiger partial charge in [-0.1, -0.05) is 6.92 Å². The first-order valence-corrected chi connectivity index (χ1v) is 13.2. The maximum absolute atomic E-state index is 13.1. The molecule has 1 aromatic heterocycles. The van der Waals surface area contributed by atoms with E-state index < -0.39 is 52.0 Å². The van der Waals surface area contributed by atoms with E-state index in [0.717, 1.165) is 0 Å². The van der Waals surface area contributed by atoms with E-state index in [1.54, 1.807) is 52.0 Å². The number of hydrogen-bond donors (Lipinski definition) is 3. The summed E-state index contributed by atoms with van der Waals surface area (Å²) >= 11 is 0. The number of rotatable bonds is 11. The molecule has 0 fully saturated rings. The molecule has 216 valence electrons. The van der Waals surface area contributed by atoms with Crippen LogP contribution >= 0.6 is 0 Å². The summed E-state index contributed by atoms with van der Waals surface area (Å²) in [6.07, 6.45) is -5.29. The molecule has 15 heteroatoms. The SMILES string of the molecule is CCc1c(C(=O)OC(C)(C)C)[nH]c(CNc2ccc(OC)cc2)c1C(=O)NCCS(=O)(=O)OC(=O)C(F)(F)F. The minimum Gasteiger partial charge on any atom is -0.497 e. The maximum Gasteiger partial charge on any atom is 0.492 e. The molecule has 0 radical (unpaired) electrons. The van der Waals surface area contributed by atoms with Crippen molar-refractivity contribution >= 4 is 33.7 Å². The summed E-state index contributed by atoms with van der Waals surface area (Å²) < 4.78 is 74.5. The van der Waals surface area contributed by atoms with Gasteiger partial charge in [-0.25, -0.2) is 9.59 Å². The first-order valence-electron chi connectivity index (χ1n) is 11.6. The summed E-state index contributed by atoms with van der Waals surface area (Å²) in [6, 6.07) is 6.87. The number of ether oxygens (including phenoxy) is 2. The zero-order chi connectivity index (χ0) is 29.6. The number of hydrogen-bond acceptors (Lipinski definition) is 9. The fraction of sp³-hybridized carbons (Fsp3) is 0.458. The predicted octanol–water partition coefficient (Wildman–Crippen LogP) is 3.32. The predicted molar refractivity (Wildman–Crippen MR) is 134 cm³/mol. The molecule has 0 aliphatic carbocycles. The minimum absolute atomic E-state index is 0.0239. The third kappa shape index (κ3) is 9.19. The van der Waals surface area contributed by atoms with Gasteiger partial charge in [-0.05, 0) is 57.0 Å². The molecule has 2 rings (SSSR count). The Balaban J connectivity index is 2.30. The lowest BCUT2D eigenvalue weighted by Gasteiger charge is -2.19. The quantitative estimate of drug-likeness (QED) is 0.270. The Morgan fingerprint density at radius 3 is 2.18 bits per heavy atom. The Labute approximate surface area is 223 Å². The van der Waals surface area contributed by atoms with E-state index in [-0.39, 0.29) is 29.9 Å². The van der Waals surface area contributed by atoms with Crippen molar-refractivity contribution in [2.24, 2.45) is 0 Å². The van der Waals surface area contributed by atoms with Crippen molar-refractivity contribution < 1.29 is 49.6 Å². The molecule has 3 N–H and O–H groups in total. The van der Waals surface area contributed by atoms with Crippen molar-refractivity contribution in [1.82, 2.24) is 10.3 Å². The van der Waals surface area contributed by atoms with Crippen LogP contribution in [0.2, 0.25) is 0 Å². The second-order valence-electron chi connectivity index (χ2n) is 9.16. The van der Waals surface area contributed by atoms with E-state index in [9.17, 15) is 36.0 Å². The molecule has 0 saturated carbocycles. The molecule has 0 unspecified atom stereocenters. The molecule has 11 nitrogen and oxygen atoms in total. The van der Waals surface area contributed by atoms with Crippen LogP contribution in [0.1, 0.15) is 59.8 Å². The van der Waals surface area contributed by atoms with E-state index in [1.165, 1.54) is 7.11 Å². The number of nitrogens with one attached hydrogen (secondary N) is 3. The van der Waals surface area contributed by atoms with Crippen molar-refractivity contribution in [2.75, 3.05) is 24.7 Å². The van der Waals surface area contributed by atoms with Crippen molar-refractivity contribution in [3.05, 3.63) is 46.8 Å². The van der Waals surface area contributed by atoms with Crippen LogP contribution in [0.3, 0.4) is 0 Å². The fourth-order valence-electron chi connectivity index (χ4n) is 3.34. The molecule has 2 aromatic rings. The molecule has 0 aliphatic heterocycles. The number of methoxy groups -OCH3 is 1. The van der Waals surface area contributed by atoms with E-state index in [0.29, 0.717) is 17.0 Å². The van der Waals surface area contributed by atoms with Gasteiger partial charge in [0.15, 0.2) is 0 Å². The van der Waals surface area contributed by atoms with E-state index in [4.69, 9.17) is 9.47 Å². The number of benzene rings is 1. The summed E-state index contributed by atoms with van der Waals surface area (Å²) in [5, 5.41) is 5.39. The summed E-state index contributed by atoms with van der Waals surface area (Å²) in [4.78, 5) is 39.7. The van der Waals surface area contributed by atoms with Gasteiger partial charge in [0, 0.05) is 17.9 Å². The molecule has 0 saturated heterocycles. The van der Waals surface area contributed by atoms with Crippen LogP contribution in [-0.4, -0.2) is 62.4 Å². The number of esters is 1. The van der Waals surface area contributed by atoms with Crippen molar-refractivity contribution in [2.45, 2.75) is 52.4 Å². The van der Waals surface area contributed by atoms with Crippen LogP contribution in [0.25, 0.3) is 0 Å². The number of halogens is 3. The molecule has 1 aromatic carbocycles. The van der Waals surface area contributed by atoms with Crippen LogP contribution in [0.5, 0.6) is 5.75 Å². The highest BCUT2D eigenvalue weighted by molar-refractivity contribution is 7.87. The summed E-state index contributed by atoms with van der Waals surface area (Å²) in [5.74, 6) is -4.89. The highest BCUT2D eigenvalue weighted by atomic mass is 32.2. The average molecular weight is 578 g/mol. The van der Waals surface area contributed by atoms with Gasteiger partial charge in [-0.3, -0.25) is 4.79 Å². The zero-order valence-corrected chi connectivity index (χ0v) is 22.8. The van der Waals surface area contributed by atoms with E-state index >= 15 is 0 Å².